The summed E-state index contributed by atoms with van der Waals surface area (Å²) in [6.07, 6.45) is 36.2. The number of esters is 4. The SMILES string of the molecule is CCCCCCCCCCCC(=O)O[C@H](COC(=O)CCCCCCCCCC)COP(=O)(O)OC[C@H](O)COP(=O)(O)OC[C@@H](COC(=O)CCCCCCCCCC(C)C)OC(=O)CCCCCCCCCCCCC(C)CC. The second kappa shape index (κ2) is 54.7. The third-order valence-corrected chi connectivity index (χ3v) is 16.5. The Labute approximate surface area is 492 Å². The Morgan fingerprint density at radius 2 is 0.630 bits per heavy atom. The maximum atomic E-state index is 13.0. The van der Waals surface area contributed by atoms with Gasteiger partial charge in [-0.2, -0.15) is 0 Å². The van der Waals surface area contributed by atoms with E-state index in [1.807, 2.05) is 0 Å². The zero-order valence-corrected chi connectivity index (χ0v) is 53.9. The Balaban J connectivity index is 5.22. The van der Waals surface area contributed by atoms with Crippen molar-refractivity contribution in [2.75, 3.05) is 39.6 Å². The Hall–Kier alpha value is -1.94. The molecule has 0 saturated heterocycles. The van der Waals surface area contributed by atoms with Crippen LogP contribution in [-0.2, 0) is 65.4 Å². The zero-order valence-electron chi connectivity index (χ0n) is 52.1. The molecule has 0 radical (unpaired) electrons. The minimum absolute atomic E-state index is 0.105. The molecule has 0 heterocycles. The molecule has 0 spiro atoms. The van der Waals surface area contributed by atoms with E-state index >= 15 is 0 Å². The van der Waals surface area contributed by atoms with E-state index in [0.29, 0.717) is 31.6 Å². The van der Waals surface area contributed by atoms with Crippen LogP contribution in [0.1, 0.15) is 305 Å². The third-order valence-electron chi connectivity index (χ3n) is 14.6. The Morgan fingerprint density at radius 3 is 0.938 bits per heavy atom. The predicted molar refractivity (Wildman–Crippen MR) is 321 cm³/mol. The smallest absolute Gasteiger partial charge is 0.462 e. The van der Waals surface area contributed by atoms with Gasteiger partial charge in [-0.05, 0) is 37.5 Å². The summed E-state index contributed by atoms with van der Waals surface area (Å²) in [6.45, 7) is 9.41. The fraction of sp³-hybridized carbons (Fsp3) is 0.935. The van der Waals surface area contributed by atoms with Gasteiger partial charge in [0.25, 0.3) is 0 Å². The van der Waals surface area contributed by atoms with Crippen molar-refractivity contribution in [2.45, 2.75) is 323 Å². The zero-order chi connectivity index (χ0) is 60.1. The van der Waals surface area contributed by atoms with Crippen LogP contribution in [0.3, 0.4) is 0 Å². The van der Waals surface area contributed by atoms with Crippen LogP contribution in [0.2, 0.25) is 0 Å². The molecule has 0 fully saturated rings. The van der Waals surface area contributed by atoms with Crippen LogP contribution in [0.25, 0.3) is 0 Å². The number of ether oxygens (including phenoxy) is 4. The lowest BCUT2D eigenvalue weighted by Crippen LogP contribution is -2.30. The number of hydrogen-bond acceptors (Lipinski definition) is 15. The molecule has 6 atom stereocenters. The highest BCUT2D eigenvalue weighted by Crippen LogP contribution is 2.45. The summed E-state index contributed by atoms with van der Waals surface area (Å²) in [4.78, 5) is 72.0. The lowest BCUT2D eigenvalue weighted by atomic mass is 9.99. The van der Waals surface area contributed by atoms with Crippen LogP contribution in [0, 0.1) is 11.8 Å². The molecule has 0 aromatic carbocycles. The molecule has 0 aromatic rings. The number of aliphatic hydroxyl groups is 1. The molecule has 81 heavy (non-hydrogen) atoms. The van der Waals surface area contributed by atoms with Crippen LogP contribution < -0.4 is 0 Å². The summed E-state index contributed by atoms with van der Waals surface area (Å²) in [5, 5.41) is 10.5. The van der Waals surface area contributed by atoms with Crippen molar-refractivity contribution in [3.63, 3.8) is 0 Å². The first-order valence-electron chi connectivity index (χ1n) is 32.5. The first-order valence-corrected chi connectivity index (χ1v) is 35.5. The van der Waals surface area contributed by atoms with Crippen molar-refractivity contribution in [3.05, 3.63) is 0 Å². The Morgan fingerprint density at radius 1 is 0.358 bits per heavy atom. The largest absolute Gasteiger partial charge is 0.472 e. The first kappa shape index (κ1) is 79.1. The Kier molecular flexibility index (Phi) is 53.4. The number of aliphatic hydroxyl groups excluding tert-OH is 1. The second-order valence-corrected chi connectivity index (χ2v) is 26.1. The van der Waals surface area contributed by atoms with E-state index in [9.17, 15) is 43.2 Å². The number of unbranched alkanes of at least 4 members (excludes halogenated alkanes) is 30. The normalized spacial score (nSPS) is 14.7. The van der Waals surface area contributed by atoms with E-state index in [1.165, 1.54) is 109 Å². The van der Waals surface area contributed by atoms with Gasteiger partial charge in [0.2, 0.25) is 0 Å². The average molecular weight is 1200 g/mol. The number of carbonyl (C=O) groups is 4. The molecule has 0 aliphatic carbocycles. The number of phosphoric ester groups is 2. The second-order valence-electron chi connectivity index (χ2n) is 23.2. The molecule has 0 rings (SSSR count). The molecule has 0 amide bonds. The molecule has 480 valence electrons. The quantitative estimate of drug-likeness (QED) is 0.0222. The van der Waals surface area contributed by atoms with Crippen molar-refractivity contribution in [3.8, 4) is 0 Å². The van der Waals surface area contributed by atoms with Crippen molar-refractivity contribution in [2.24, 2.45) is 11.8 Å². The molecular weight excluding hydrogens is 1080 g/mol. The van der Waals surface area contributed by atoms with E-state index in [0.717, 1.165) is 109 Å². The van der Waals surface area contributed by atoms with E-state index in [-0.39, 0.29) is 25.7 Å². The number of hydrogen-bond donors (Lipinski definition) is 3. The lowest BCUT2D eigenvalue weighted by Gasteiger charge is -2.21. The van der Waals surface area contributed by atoms with Gasteiger partial charge in [-0.25, -0.2) is 9.13 Å². The molecule has 0 aliphatic rings. The summed E-state index contributed by atoms with van der Waals surface area (Å²) in [7, 11) is -9.88. The molecule has 3 N–H and O–H groups in total. The fourth-order valence-electron chi connectivity index (χ4n) is 9.15. The van der Waals surface area contributed by atoms with Gasteiger partial charge < -0.3 is 33.8 Å². The van der Waals surface area contributed by atoms with Crippen LogP contribution in [0.5, 0.6) is 0 Å². The van der Waals surface area contributed by atoms with Crippen LogP contribution in [0.15, 0.2) is 0 Å². The van der Waals surface area contributed by atoms with Gasteiger partial charge in [0.1, 0.15) is 19.3 Å². The number of rotatable bonds is 61. The van der Waals surface area contributed by atoms with Gasteiger partial charge in [0, 0.05) is 25.7 Å². The van der Waals surface area contributed by atoms with Crippen molar-refractivity contribution < 1.29 is 80.2 Å². The van der Waals surface area contributed by atoms with E-state index in [2.05, 4.69) is 41.5 Å². The minimum Gasteiger partial charge on any atom is -0.462 e. The summed E-state index contributed by atoms with van der Waals surface area (Å²) in [6, 6.07) is 0. The van der Waals surface area contributed by atoms with Gasteiger partial charge in [-0.1, -0.05) is 253 Å². The Bertz CT molecular complexity index is 1600. The van der Waals surface area contributed by atoms with Crippen LogP contribution >= 0.6 is 15.6 Å². The van der Waals surface area contributed by atoms with E-state index in [4.69, 9.17) is 37.0 Å². The maximum absolute atomic E-state index is 13.0. The standard InChI is InChI=1S/C62H120O17P2/c1-7-10-12-14-16-20-27-34-40-46-61(66)78-57(50-72-59(64)44-38-32-26-17-15-13-11-8-2)52-76-80(68,69)74-48-56(63)49-75-81(70,71)77-53-58(51-73-60(65)45-39-33-29-23-24-30-36-42-54(4)5)79-62(67)47-41-35-28-22-19-18-21-25-31-37-43-55(6)9-3/h54-58,63H,7-53H2,1-6H3,(H,68,69)(H,70,71)/t55?,56-,57+,58+/m0/s1. The number of phosphoric acid groups is 2. The molecular formula is C62H120O17P2. The summed E-state index contributed by atoms with van der Waals surface area (Å²) >= 11 is 0. The predicted octanol–water partition coefficient (Wildman–Crippen LogP) is 16.9. The van der Waals surface area contributed by atoms with Gasteiger partial charge in [0.05, 0.1) is 26.4 Å². The van der Waals surface area contributed by atoms with E-state index < -0.39 is 97.5 Å². The molecule has 3 unspecified atom stereocenters. The van der Waals surface area contributed by atoms with Crippen molar-refractivity contribution in [1.29, 1.82) is 0 Å². The maximum Gasteiger partial charge on any atom is 0.472 e. The topological polar surface area (TPSA) is 237 Å². The monoisotopic (exact) mass is 1200 g/mol. The summed E-state index contributed by atoms with van der Waals surface area (Å²) in [5.74, 6) is -0.633. The van der Waals surface area contributed by atoms with Gasteiger partial charge in [0.15, 0.2) is 12.2 Å². The molecule has 0 bridgehead atoms. The highest BCUT2D eigenvalue weighted by atomic mass is 31.2. The van der Waals surface area contributed by atoms with Crippen molar-refractivity contribution in [1.82, 2.24) is 0 Å². The minimum atomic E-state index is -4.94. The fourth-order valence-corrected chi connectivity index (χ4v) is 10.7. The average Bonchev–Trinajstić information content (AvgIpc) is 3.43. The lowest BCUT2D eigenvalue weighted by molar-refractivity contribution is -0.161. The molecule has 17 nitrogen and oxygen atoms in total. The third kappa shape index (κ3) is 55.7. The summed E-state index contributed by atoms with van der Waals surface area (Å²) < 4.78 is 67.8. The molecule has 19 heteroatoms. The van der Waals surface area contributed by atoms with Crippen molar-refractivity contribution >= 4 is 39.5 Å². The van der Waals surface area contributed by atoms with Gasteiger partial charge in [-0.3, -0.25) is 37.3 Å². The summed E-state index contributed by atoms with van der Waals surface area (Å²) in [5.41, 5.74) is 0. The highest BCUT2D eigenvalue weighted by molar-refractivity contribution is 7.47. The molecule has 0 aromatic heterocycles. The number of carbonyl (C=O) groups excluding carboxylic acids is 4. The first-order chi connectivity index (χ1) is 38.9. The van der Waals surface area contributed by atoms with Crippen LogP contribution in [0.4, 0.5) is 0 Å². The van der Waals surface area contributed by atoms with Gasteiger partial charge in [-0.15, -0.1) is 0 Å². The molecule has 0 saturated carbocycles. The molecule has 0 aliphatic heterocycles. The highest BCUT2D eigenvalue weighted by Gasteiger charge is 2.30. The van der Waals surface area contributed by atoms with Gasteiger partial charge >= 0.3 is 39.5 Å². The van der Waals surface area contributed by atoms with Crippen LogP contribution in [-0.4, -0.2) is 96.7 Å². The van der Waals surface area contributed by atoms with E-state index in [1.54, 1.807) is 0 Å².